The summed E-state index contributed by atoms with van der Waals surface area (Å²) in [5, 5.41) is 0. The summed E-state index contributed by atoms with van der Waals surface area (Å²) in [6.07, 6.45) is 6.84. The van der Waals surface area contributed by atoms with Gasteiger partial charge in [-0.1, -0.05) is 119 Å². The van der Waals surface area contributed by atoms with Gasteiger partial charge in [-0.3, -0.25) is 0 Å². The van der Waals surface area contributed by atoms with Crippen molar-refractivity contribution in [2.75, 3.05) is 0 Å². The Labute approximate surface area is 194 Å². The van der Waals surface area contributed by atoms with Crippen LogP contribution in [0.4, 0.5) is 0 Å². The molecule has 0 atom stereocenters. The lowest BCUT2D eigenvalue weighted by molar-refractivity contribution is 0.659. The van der Waals surface area contributed by atoms with Crippen LogP contribution in [0.25, 0.3) is 16.7 Å². The van der Waals surface area contributed by atoms with Gasteiger partial charge in [0.15, 0.2) is 0 Å². The first-order valence-corrected chi connectivity index (χ1v) is 11.9. The van der Waals surface area contributed by atoms with Gasteiger partial charge in [0.1, 0.15) is 7.28 Å². The number of benzene rings is 3. The zero-order valence-corrected chi connectivity index (χ0v) is 20.0. The third-order valence-corrected chi connectivity index (χ3v) is 7.67. The van der Waals surface area contributed by atoms with E-state index in [0.717, 1.165) is 12.8 Å². The second kappa shape index (κ2) is 7.66. The van der Waals surface area contributed by atoms with E-state index >= 15 is 0 Å². The molecule has 159 valence electrons. The Kier molecular flexibility index (Phi) is 5.04. The number of hydrogen-bond acceptors (Lipinski definition) is 0. The Balaban J connectivity index is 1.37. The van der Waals surface area contributed by atoms with Crippen LogP contribution < -0.4 is 0 Å². The molecular formula is C31H32B. The van der Waals surface area contributed by atoms with Crippen molar-refractivity contribution in [2.24, 2.45) is 0 Å². The molecule has 0 N–H and O–H groups in total. The predicted octanol–water partition coefficient (Wildman–Crippen LogP) is 7.94. The molecule has 1 radical (unpaired) electrons. The van der Waals surface area contributed by atoms with Crippen LogP contribution in [-0.2, 0) is 17.3 Å². The molecule has 2 aliphatic rings. The van der Waals surface area contributed by atoms with Gasteiger partial charge in [0, 0.05) is 10.8 Å². The van der Waals surface area contributed by atoms with Crippen LogP contribution in [0, 0.1) is 0 Å². The van der Waals surface area contributed by atoms with Gasteiger partial charge in [-0.05, 0) is 57.4 Å². The molecule has 0 nitrogen and oxygen atoms in total. The lowest BCUT2D eigenvalue weighted by Gasteiger charge is -2.24. The zero-order valence-electron chi connectivity index (χ0n) is 20.0. The molecule has 0 aliphatic heterocycles. The standard InChI is InChI=1S/C31H32B/c1-30(2)26-16-10-8-13-22(26)24-19-18-21(20-28(24)30)12-6-7-15-25-23-14-9-11-17-27(23)31(3,4)29(25)32-5/h7-11,13-20H,6,12H2,1-5H3/b15-7-. The minimum atomic E-state index is 0.0750. The molecule has 0 aromatic heterocycles. The first-order valence-electron chi connectivity index (χ1n) is 11.9. The van der Waals surface area contributed by atoms with Gasteiger partial charge in [0.05, 0.1) is 0 Å². The quantitative estimate of drug-likeness (QED) is 0.371. The molecule has 0 fully saturated rings. The lowest BCUT2D eigenvalue weighted by atomic mass is 9.60. The molecule has 0 unspecified atom stereocenters. The van der Waals surface area contributed by atoms with Crippen LogP contribution in [-0.4, -0.2) is 7.28 Å². The predicted molar refractivity (Wildman–Crippen MR) is 139 cm³/mol. The summed E-state index contributed by atoms with van der Waals surface area (Å²) >= 11 is 0. The van der Waals surface area contributed by atoms with Crippen LogP contribution in [0.2, 0.25) is 6.82 Å². The van der Waals surface area contributed by atoms with E-state index in [-0.39, 0.29) is 10.8 Å². The summed E-state index contributed by atoms with van der Waals surface area (Å²) in [6, 6.07) is 24.9. The fourth-order valence-corrected chi connectivity index (χ4v) is 5.94. The highest BCUT2D eigenvalue weighted by Gasteiger charge is 2.36. The fourth-order valence-electron chi connectivity index (χ4n) is 5.94. The van der Waals surface area contributed by atoms with E-state index in [1.807, 2.05) is 0 Å². The second-order valence-corrected chi connectivity index (χ2v) is 10.3. The van der Waals surface area contributed by atoms with Crippen LogP contribution in [0.1, 0.15) is 61.9 Å². The van der Waals surface area contributed by atoms with E-state index in [1.165, 1.54) is 50.0 Å². The topological polar surface area (TPSA) is 0 Å². The third-order valence-electron chi connectivity index (χ3n) is 7.67. The maximum atomic E-state index is 2.45. The molecule has 0 amide bonds. The number of aryl methyl sites for hydroxylation is 1. The largest absolute Gasteiger partial charge is 0.144 e. The summed E-state index contributed by atoms with van der Waals surface area (Å²) in [5.41, 5.74) is 13.0. The van der Waals surface area contributed by atoms with Gasteiger partial charge in [-0.15, -0.1) is 0 Å². The van der Waals surface area contributed by atoms with Crippen molar-refractivity contribution in [1.29, 1.82) is 0 Å². The van der Waals surface area contributed by atoms with Crippen LogP contribution in [0.15, 0.2) is 84.4 Å². The highest BCUT2D eigenvalue weighted by molar-refractivity contribution is 6.47. The van der Waals surface area contributed by atoms with Crippen LogP contribution >= 0.6 is 0 Å². The molecule has 0 saturated heterocycles. The normalized spacial score (nSPS) is 17.4. The van der Waals surface area contributed by atoms with Gasteiger partial charge >= 0.3 is 0 Å². The molecule has 32 heavy (non-hydrogen) atoms. The van der Waals surface area contributed by atoms with Crippen LogP contribution in [0.5, 0.6) is 0 Å². The summed E-state index contributed by atoms with van der Waals surface area (Å²) in [6.45, 7) is 11.6. The Bertz CT molecular complexity index is 1250. The highest BCUT2D eigenvalue weighted by atomic mass is 14.4. The summed E-state index contributed by atoms with van der Waals surface area (Å²) in [5.74, 6) is 0. The zero-order chi connectivity index (χ0) is 22.5. The van der Waals surface area contributed by atoms with Crippen LogP contribution in [0.3, 0.4) is 0 Å². The summed E-state index contributed by atoms with van der Waals surface area (Å²) < 4.78 is 0. The van der Waals surface area contributed by atoms with E-state index in [0.29, 0.717) is 0 Å². The molecule has 1 heteroatoms. The van der Waals surface area contributed by atoms with Gasteiger partial charge in [-0.25, -0.2) is 0 Å². The van der Waals surface area contributed by atoms with E-state index < -0.39 is 0 Å². The molecule has 0 spiro atoms. The van der Waals surface area contributed by atoms with Gasteiger partial charge in [0.25, 0.3) is 0 Å². The Hall–Kier alpha value is -2.80. The SMILES string of the molecule is C[B]C1=C(/C=C\CCc2ccc3c(c2)C(C)(C)c2ccccc2-3)c2ccccc2C1(C)C. The molecule has 0 bridgehead atoms. The third kappa shape index (κ3) is 3.13. The minimum Gasteiger partial charge on any atom is -0.0918 e. The van der Waals surface area contributed by atoms with Crippen molar-refractivity contribution >= 4 is 12.9 Å². The Morgan fingerprint density at radius 3 is 2.06 bits per heavy atom. The molecule has 2 aliphatic carbocycles. The molecule has 3 aromatic rings. The maximum Gasteiger partial charge on any atom is 0.144 e. The fraction of sp³-hybridized carbons (Fsp3) is 0.290. The lowest BCUT2D eigenvalue weighted by Crippen LogP contribution is -2.19. The van der Waals surface area contributed by atoms with E-state index in [1.54, 1.807) is 0 Å². The van der Waals surface area contributed by atoms with Crippen molar-refractivity contribution < 1.29 is 0 Å². The van der Waals surface area contributed by atoms with Crippen molar-refractivity contribution in [3.63, 3.8) is 0 Å². The molecule has 0 heterocycles. The van der Waals surface area contributed by atoms with Crippen molar-refractivity contribution in [1.82, 2.24) is 0 Å². The van der Waals surface area contributed by atoms with Crippen molar-refractivity contribution in [3.05, 3.63) is 112 Å². The van der Waals surface area contributed by atoms with Gasteiger partial charge in [-0.2, -0.15) is 0 Å². The Morgan fingerprint density at radius 2 is 1.34 bits per heavy atom. The van der Waals surface area contributed by atoms with Crippen molar-refractivity contribution in [2.45, 2.75) is 58.2 Å². The average molecular weight is 415 g/mol. The number of rotatable bonds is 5. The monoisotopic (exact) mass is 415 g/mol. The number of hydrogen-bond donors (Lipinski definition) is 0. The number of allylic oxidation sites excluding steroid dienone is 4. The van der Waals surface area contributed by atoms with E-state index in [2.05, 4.69) is 121 Å². The minimum absolute atomic E-state index is 0.0750. The molecule has 3 aromatic carbocycles. The Morgan fingerprint density at radius 1 is 0.719 bits per heavy atom. The maximum absolute atomic E-state index is 2.45. The smallest absolute Gasteiger partial charge is 0.0918 e. The van der Waals surface area contributed by atoms with Gasteiger partial charge < -0.3 is 0 Å². The average Bonchev–Trinajstić information content (AvgIpc) is 3.16. The summed E-state index contributed by atoms with van der Waals surface area (Å²) in [4.78, 5) is 0. The first-order chi connectivity index (χ1) is 15.4. The van der Waals surface area contributed by atoms with E-state index in [4.69, 9.17) is 0 Å². The highest BCUT2D eigenvalue weighted by Crippen LogP contribution is 2.49. The summed E-state index contributed by atoms with van der Waals surface area (Å²) in [7, 11) is 2.29. The first kappa shape index (κ1) is 21.1. The molecular weight excluding hydrogens is 383 g/mol. The number of fused-ring (bicyclic) bond motifs is 4. The molecule has 0 saturated carbocycles. The van der Waals surface area contributed by atoms with E-state index in [9.17, 15) is 0 Å². The van der Waals surface area contributed by atoms with Crippen molar-refractivity contribution in [3.8, 4) is 11.1 Å². The second-order valence-electron chi connectivity index (χ2n) is 10.3. The molecule has 5 rings (SSSR count). The van der Waals surface area contributed by atoms with Gasteiger partial charge in [0.2, 0.25) is 0 Å².